The number of methoxy groups -OCH3 is 1. The van der Waals surface area contributed by atoms with Crippen LogP contribution in [0.1, 0.15) is 0 Å². The lowest BCUT2D eigenvalue weighted by atomic mass is 10.1. The highest BCUT2D eigenvalue weighted by Gasteiger charge is 2.28. The first-order valence-corrected chi connectivity index (χ1v) is 19.0. The van der Waals surface area contributed by atoms with E-state index in [1.54, 1.807) is 6.01 Å². The van der Waals surface area contributed by atoms with E-state index in [9.17, 15) is 47.9 Å². The zero-order chi connectivity index (χ0) is 37.2. The molecule has 1 aromatic heterocycles. The first-order valence-electron chi connectivity index (χ1n) is 12.7. The summed E-state index contributed by atoms with van der Waals surface area (Å²) in [6.07, 6.45) is 0. The van der Waals surface area contributed by atoms with Crippen LogP contribution in [0.5, 0.6) is 11.5 Å². The van der Waals surface area contributed by atoms with E-state index in [0.717, 1.165) is 37.4 Å². The lowest BCUT2D eigenvalue weighted by molar-refractivity contribution is 0.284. The molecule has 4 aromatic rings. The lowest BCUT2D eigenvalue weighted by Crippen LogP contribution is -2.15. The summed E-state index contributed by atoms with van der Waals surface area (Å²) < 4.78 is 135. The Hall–Kier alpha value is -4.76. The molecule has 0 aliphatic heterocycles. The summed E-state index contributed by atoms with van der Waals surface area (Å²) >= 11 is 5.81. The van der Waals surface area contributed by atoms with Gasteiger partial charge in [0.25, 0.3) is 26.2 Å². The van der Waals surface area contributed by atoms with Crippen LogP contribution in [0.25, 0.3) is 10.8 Å². The van der Waals surface area contributed by atoms with Gasteiger partial charge in [-0.15, -0.1) is 15.2 Å². The Kier molecular flexibility index (Phi) is 10.8. The van der Waals surface area contributed by atoms with E-state index >= 15 is 0 Å². The van der Waals surface area contributed by atoms with Gasteiger partial charge in [0.05, 0.1) is 36.1 Å². The second kappa shape index (κ2) is 14.2. The molecule has 0 amide bonds. The van der Waals surface area contributed by atoms with E-state index in [1.807, 2.05) is 0 Å². The highest BCUT2D eigenvalue weighted by molar-refractivity contribution is 7.91. The molecule has 266 valence electrons. The van der Waals surface area contributed by atoms with Crippen LogP contribution in [0.15, 0.2) is 66.3 Å². The van der Waals surface area contributed by atoms with Crippen LogP contribution in [0.2, 0.25) is 5.28 Å². The number of anilines is 2. The number of aliphatic imine (C=N–C) groups is 1. The monoisotopic (exact) mass is 794 g/mol. The number of nitrogens with zero attached hydrogens (tertiary/aromatic N) is 6. The third kappa shape index (κ3) is 8.87. The van der Waals surface area contributed by atoms with Crippen LogP contribution in [0.3, 0.4) is 0 Å². The predicted octanol–water partition coefficient (Wildman–Crippen LogP) is 3.02. The molecule has 0 spiro atoms. The number of nitrogens with one attached hydrogen (secondary N) is 2. The number of fused-ring (bicyclic) bond motifs is 1. The Labute approximate surface area is 286 Å². The molecule has 0 bridgehead atoms. The van der Waals surface area contributed by atoms with Gasteiger partial charge in [0.15, 0.2) is 15.6 Å². The molecule has 0 atom stereocenters. The van der Waals surface area contributed by atoms with E-state index in [0.29, 0.717) is 6.07 Å². The Morgan fingerprint density at radius 1 is 0.920 bits per heavy atom. The number of phenolic OH excluding ortho intramolecular Hbond substituents is 1. The van der Waals surface area contributed by atoms with Gasteiger partial charge in [-0.1, -0.05) is 0 Å². The van der Waals surface area contributed by atoms with E-state index in [4.69, 9.17) is 26.3 Å². The average molecular weight is 795 g/mol. The Bertz CT molecular complexity index is 2560. The SMILES string of the molecule is COc1ccc(S(=O)(=O)CCOS(=O)(=O)O)cc1N=Nc1c(S(=O)(=O)O)cc2c(S(=O)(=O)O)c(Nc3nc(Cl)nc(N=C=N)n3)ccc2c1O. The molecule has 22 nitrogen and oxygen atoms in total. The summed E-state index contributed by atoms with van der Waals surface area (Å²) in [5.41, 5.74) is -1.88. The molecule has 0 unspecified atom stereocenters. The van der Waals surface area contributed by atoms with Crippen molar-refractivity contribution in [1.82, 2.24) is 15.0 Å². The van der Waals surface area contributed by atoms with Gasteiger partial charge in [-0.25, -0.2) is 18.0 Å². The second-order valence-corrected chi connectivity index (χ2v) is 15.5. The summed E-state index contributed by atoms with van der Waals surface area (Å²) in [5.74, 6) is -3.06. The molecule has 0 aliphatic rings. The van der Waals surface area contributed by atoms with Gasteiger partial charge in [-0.2, -0.15) is 40.2 Å². The van der Waals surface area contributed by atoms with Crippen molar-refractivity contribution in [3.63, 3.8) is 0 Å². The standard InChI is InChI=1S/C23H19ClN8O14S4/c1-45-16-5-2-11(47(34,35)7-6-46-50(42,43)44)8-15(16)31-32-18-17(48(36,37)38)9-13-12(19(18)33)3-4-14(20(13)49(39,40)41)27-23-29-21(24)28-22(30-23)26-10-25/h2-5,8-9,25,33H,6-7H2,1H3,(H,36,37,38)(H,39,40,41)(H,42,43,44)(H,27,28,29,30). The maximum absolute atomic E-state index is 12.7. The zero-order valence-electron chi connectivity index (χ0n) is 24.4. The van der Waals surface area contributed by atoms with Crippen molar-refractivity contribution in [3.05, 3.63) is 41.7 Å². The van der Waals surface area contributed by atoms with E-state index < -0.39 is 118 Å². The van der Waals surface area contributed by atoms with Crippen molar-refractivity contribution in [2.24, 2.45) is 15.2 Å². The van der Waals surface area contributed by atoms with Gasteiger partial charge in [0.1, 0.15) is 26.9 Å². The summed E-state index contributed by atoms with van der Waals surface area (Å²) in [5, 5.41) is 26.3. The molecule has 0 saturated heterocycles. The van der Waals surface area contributed by atoms with E-state index in [2.05, 4.69) is 39.7 Å². The summed E-state index contributed by atoms with van der Waals surface area (Å²) in [7, 11) is -18.8. The predicted molar refractivity (Wildman–Crippen MR) is 170 cm³/mol. The van der Waals surface area contributed by atoms with Crippen LogP contribution in [-0.4, -0.2) is 92.9 Å². The van der Waals surface area contributed by atoms with Gasteiger partial charge in [0.2, 0.25) is 11.2 Å². The fourth-order valence-electron chi connectivity index (χ4n) is 4.09. The lowest BCUT2D eigenvalue weighted by Gasteiger charge is -2.15. The molecule has 1 heterocycles. The molecule has 0 fully saturated rings. The molecule has 0 saturated carbocycles. The Morgan fingerprint density at radius 3 is 2.22 bits per heavy atom. The number of aromatic hydroxyl groups is 1. The Morgan fingerprint density at radius 2 is 1.62 bits per heavy atom. The third-order valence-electron chi connectivity index (χ3n) is 6.07. The maximum atomic E-state index is 12.7. The fraction of sp³-hybridized carbons (Fsp3) is 0.130. The molecule has 0 radical (unpaired) electrons. The minimum atomic E-state index is -5.38. The number of azo groups is 1. The molecular weight excluding hydrogens is 776 g/mol. The summed E-state index contributed by atoms with van der Waals surface area (Å²) in [4.78, 5) is 11.7. The molecular formula is C23H19ClN8O14S4. The first-order chi connectivity index (χ1) is 23.1. The van der Waals surface area contributed by atoms with Crippen molar-refractivity contribution in [2.45, 2.75) is 14.7 Å². The average Bonchev–Trinajstić information content (AvgIpc) is 2.98. The number of ether oxygens (including phenoxy) is 1. The largest absolute Gasteiger partial charge is 0.505 e. The molecule has 4 rings (SSSR count). The van der Waals surface area contributed by atoms with Gasteiger partial charge >= 0.3 is 10.4 Å². The molecule has 50 heavy (non-hydrogen) atoms. The van der Waals surface area contributed by atoms with E-state index in [1.165, 1.54) is 0 Å². The van der Waals surface area contributed by atoms with E-state index in [-0.39, 0.29) is 5.75 Å². The van der Waals surface area contributed by atoms with Crippen molar-refractivity contribution in [1.29, 1.82) is 5.41 Å². The quantitative estimate of drug-likeness (QED) is 0.0643. The topological polar surface area (TPSA) is 348 Å². The zero-order valence-corrected chi connectivity index (χ0v) is 28.5. The number of hydrogen-bond donors (Lipinski definition) is 6. The highest BCUT2D eigenvalue weighted by Crippen LogP contribution is 2.45. The number of halogens is 1. The van der Waals surface area contributed by atoms with Crippen molar-refractivity contribution in [3.8, 4) is 11.5 Å². The smallest absolute Gasteiger partial charge is 0.397 e. The number of sulfone groups is 1. The number of hydrogen-bond acceptors (Lipinski definition) is 19. The fourth-order valence-corrected chi connectivity index (χ4v) is 7.24. The minimum Gasteiger partial charge on any atom is -0.505 e. The number of rotatable bonds is 13. The number of phenols is 1. The second-order valence-electron chi connectivity index (χ2n) is 9.24. The van der Waals surface area contributed by atoms with Gasteiger partial charge in [0, 0.05) is 10.8 Å². The molecule has 6 N–H and O–H groups in total. The maximum Gasteiger partial charge on any atom is 0.397 e. The van der Waals surface area contributed by atoms with Crippen LogP contribution in [0.4, 0.5) is 29.0 Å². The summed E-state index contributed by atoms with van der Waals surface area (Å²) in [6.45, 7) is -0.959. The molecule has 3 aromatic carbocycles. The van der Waals surface area contributed by atoms with Crippen molar-refractivity contribution < 1.29 is 61.4 Å². The van der Waals surface area contributed by atoms with Crippen LogP contribution in [-0.2, 0) is 44.7 Å². The molecule has 27 heteroatoms. The van der Waals surface area contributed by atoms with Crippen LogP contribution in [0, 0.1) is 5.41 Å². The van der Waals surface area contributed by atoms with Gasteiger partial charge < -0.3 is 15.2 Å². The van der Waals surface area contributed by atoms with Crippen molar-refractivity contribution in [2.75, 3.05) is 24.8 Å². The Balaban J connectivity index is 1.90. The van der Waals surface area contributed by atoms with Crippen LogP contribution < -0.4 is 10.1 Å². The normalized spacial score (nSPS) is 12.6. The van der Waals surface area contributed by atoms with Crippen molar-refractivity contribution >= 4 is 97.8 Å². The highest BCUT2D eigenvalue weighted by atomic mass is 35.5. The number of benzene rings is 3. The van der Waals surface area contributed by atoms with Crippen LogP contribution >= 0.6 is 11.6 Å². The molecule has 0 aliphatic carbocycles. The third-order valence-corrected chi connectivity index (χ3v) is 10.2. The summed E-state index contributed by atoms with van der Waals surface area (Å²) in [6, 6.07) is 7.22. The number of aromatic nitrogens is 3. The first kappa shape index (κ1) is 38.0. The minimum absolute atomic E-state index is 0.146. The van der Waals surface area contributed by atoms with Gasteiger partial charge in [-0.3, -0.25) is 13.7 Å². The van der Waals surface area contributed by atoms with Gasteiger partial charge in [-0.05, 0) is 48.0 Å².